The molecule has 0 radical (unpaired) electrons. The smallest absolute Gasteiger partial charge is 0.267 e. The van der Waals surface area contributed by atoms with E-state index in [4.69, 9.17) is 0 Å². The first-order valence-electron chi connectivity index (χ1n) is 9.09. The number of aromatic nitrogens is 5. The van der Waals surface area contributed by atoms with Gasteiger partial charge in [-0.05, 0) is 53.7 Å². The largest absolute Gasteiger partial charge is 0.271 e. The zero-order valence-electron chi connectivity index (χ0n) is 16.0. The number of carbonyl (C=O) groups is 2. The van der Waals surface area contributed by atoms with Crippen molar-refractivity contribution in [2.24, 2.45) is 0 Å². The minimum absolute atomic E-state index is 0.376. The van der Waals surface area contributed by atoms with E-state index in [2.05, 4.69) is 31.4 Å². The zero-order valence-corrected chi connectivity index (χ0v) is 16.0. The van der Waals surface area contributed by atoms with Gasteiger partial charge in [0.1, 0.15) is 6.33 Å². The minimum Gasteiger partial charge on any atom is -0.267 e. The lowest BCUT2D eigenvalue weighted by molar-refractivity contribution is 0.0846. The summed E-state index contributed by atoms with van der Waals surface area (Å²) < 4.78 is 1.47. The number of aryl methyl sites for hydroxylation is 1. The molecule has 0 saturated carbocycles. The van der Waals surface area contributed by atoms with Crippen molar-refractivity contribution in [2.45, 2.75) is 6.92 Å². The number of nitrogens with zero attached hydrogens (tertiary/aromatic N) is 5. The summed E-state index contributed by atoms with van der Waals surface area (Å²) in [7, 11) is 0. The van der Waals surface area contributed by atoms with E-state index in [0.29, 0.717) is 22.5 Å². The van der Waals surface area contributed by atoms with Crippen LogP contribution < -0.4 is 10.9 Å². The molecule has 2 aromatic carbocycles. The number of hydrogen-bond donors (Lipinski definition) is 2. The maximum atomic E-state index is 12.5. The average Bonchev–Trinajstić information content (AvgIpc) is 3.33. The van der Waals surface area contributed by atoms with Crippen molar-refractivity contribution in [1.82, 2.24) is 36.0 Å². The molecule has 2 heterocycles. The van der Waals surface area contributed by atoms with Crippen molar-refractivity contribution in [3.63, 3.8) is 0 Å². The van der Waals surface area contributed by atoms with E-state index in [9.17, 15) is 9.59 Å². The molecule has 9 heteroatoms. The van der Waals surface area contributed by atoms with Crippen LogP contribution in [0.25, 0.3) is 16.9 Å². The summed E-state index contributed by atoms with van der Waals surface area (Å²) in [5, 5.41) is 10.9. The van der Waals surface area contributed by atoms with E-state index in [1.165, 1.54) is 11.0 Å². The van der Waals surface area contributed by atoms with Crippen LogP contribution in [0.5, 0.6) is 0 Å². The van der Waals surface area contributed by atoms with Gasteiger partial charge in [-0.25, -0.2) is 4.68 Å². The Kier molecular flexibility index (Phi) is 5.25. The van der Waals surface area contributed by atoms with Gasteiger partial charge in [0.15, 0.2) is 0 Å². The third-order valence-electron chi connectivity index (χ3n) is 4.43. The van der Waals surface area contributed by atoms with Gasteiger partial charge in [0, 0.05) is 11.1 Å². The number of carbonyl (C=O) groups excluding carboxylic acids is 2. The highest BCUT2D eigenvalue weighted by atomic mass is 16.2. The molecule has 2 amide bonds. The molecule has 4 rings (SSSR count). The van der Waals surface area contributed by atoms with Gasteiger partial charge < -0.3 is 0 Å². The first-order chi connectivity index (χ1) is 14.6. The Morgan fingerprint density at radius 1 is 0.867 bits per heavy atom. The Bertz CT molecular complexity index is 1170. The molecule has 2 aromatic heterocycles. The third kappa shape index (κ3) is 4.04. The molecule has 2 N–H and O–H groups in total. The summed E-state index contributed by atoms with van der Waals surface area (Å²) in [4.78, 5) is 29.3. The molecule has 0 aliphatic carbocycles. The van der Waals surface area contributed by atoms with Gasteiger partial charge >= 0.3 is 0 Å². The zero-order chi connectivity index (χ0) is 20.9. The van der Waals surface area contributed by atoms with Crippen LogP contribution in [0.3, 0.4) is 0 Å². The van der Waals surface area contributed by atoms with Gasteiger partial charge in [0.05, 0.1) is 22.6 Å². The molecule has 148 valence electrons. The van der Waals surface area contributed by atoms with Gasteiger partial charge in [-0.1, -0.05) is 30.3 Å². The SMILES string of the molecule is Cc1nc(-c2ccccc2)ccc1C(=O)NNC(=O)c1ccc(-n2cnnn2)cc1. The number of benzene rings is 2. The van der Waals surface area contributed by atoms with Crippen LogP contribution in [0.2, 0.25) is 0 Å². The first kappa shape index (κ1) is 18.9. The number of rotatable bonds is 4. The third-order valence-corrected chi connectivity index (χ3v) is 4.43. The molecule has 4 aromatic rings. The van der Waals surface area contributed by atoms with Gasteiger partial charge in [-0.2, -0.15) is 0 Å². The van der Waals surface area contributed by atoms with Crippen LogP contribution in [0.1, 0.15) is 26.4 Å². The summed E-state index contributed by atoms with van der Waals surface area (Å²) in [6, 6.07) is 19.8. The second kappa shape index (κ2) is 8.31. The van der Waals surface area contributed by atoms with E-state index >= 15 is 0 Å². The molecule has 0 bridgehead atoms. The lowest BCUT2D eigenvalue weighted by atomic mass is 10.1. The van der Waals surface area contributed by atoms with Crippen molar-refractivity contribution in [3.8, 4) is 16.9 Å². The summed E-state index contributed by atoms with van der Waals surface area (Å²) >= 11 is 0. The second-order valence-electron chi connectivity index (χ2n) is 6.41. The average molecular weight is 399 g/mol. The minimum atomic E-state index is -0.446. The lowest BCUT2D eigenvalue weighted by Gasteiger charge is -2.10. The topological polar surface area (TPSA) is 115 Å². The number of hydrazine groups is 1. The van der Waals surface area contributed by atoms with Crippen molar-refractivity contribution < 1.29 is 9.59 Å². The van der Waals surface area contributed by atoms with Gasteiger partial charge in [-0.3, -0.25) is 25.4 Å². The molecule has 0 saturated heterocycles. The predicted molar refractivity (Wildman–Crippen MR) is 108 cm³/mol. The summed E-state index contributed by atoms with van der Waals surface area (Å²) in [5.41, 5.74) is 8.60. The molecule has 0 spiro atoms. The van der Waals surface area contributed by atoms with Crippen LogP contribution >= 0.6 is 0 Å². The number of tetrazole rings is 1. The maximum Gasteiger partial charge on any atom is 0.271 e. The molecule has 30 heavy (non-hydrogen) atoms. The van der Waals surface area contributed by atoms with E-state index in [1.54, 1.807) is 43.3 Å². The molecule has 0 aliphatic heterocycles. The van der Waals surface area contributed by atoms with Crippen molar-refractivity contribution in [3.05, 3.63) is 89.9 Å². The van der Waals surface area contributed by atoms with Crippen LogP contribution in [0.15, 0.2) is 73.1 Å². The monoisotopic (exact) mass is 399 g/mol. The highest BCUT2D eigenvalue weighted by Crippen LogP contribution is 2.18. The van der Waals surface area contributed by atoms with E-state index < -0.39 is 11.8 Å². The highest BCUT2D eigenvalue weighted by Gasteiger charge is 2.13. The van der Waals surface area contributed by atoms with Gasteiger partial charge in [0.2, 0.25) is 0 Å². The van der Waals surface area contributed by atoms with Crippen LogP contribution in [-0.2, 0) is 0 Å². The predicted octanol–water partition coefficient (Wildman–Crippen LogP) is 2.11. The summed E-state index contributed by atoms with van der Waals surface area (Å²) in [6.45, 7) is 1.75. The Morgan fingerprint density at radius 2 is 1.60 bits per heavy atom. The Labute approximate surface area is 171 Å². The fourth-order valence-electron chi connectivity index (χ4n) is 2.87. The van der Waals surface area contributed by atoms with Gasteiger partial charge in [-0.15, -0.1) is 5.10 Å². The summed E-state index contributed by atoms with van der Waals surface area (Å²) in [5.74, 6) is -0.892. The van der Waals surface area contributed by atoms with E-state index in [1.807, 2.05) is 30.3 Å². The quantitative estimate of drug-likeness (QED) is 0.508. The molecule has 0 atom stereocenters. The molecule has 0 fully saturated rings. The normalized spacial score (nSPS) is 10.4. The second-order valence-corrected chi connectivity index (χ2v) is 6.41. The van der Waals surface area contributed by atoms with Gasteiger partial charge in [0.25, 0.3) is 11.8 Å². The number of pyridine rings is 1. The van der Waals surface area contributed by atoms with E-state index in [0.717, 1.165) is 11.3 Å². The Balaban J connectivity index is 1.40. The maximum absolute atomic E-state index is 12.5. The van der Waals surface area contributed by atoms with E-state index in [-0.39, 0.29) is 0 Å². The summed E-state index contributed by atoms with van der Waals surface area (Å²) in [6.07, 6.45) is 1.45. The highest BCUT2D eigenvalue weighted by molar-refractivity contribution is 5.99. The fourth-order valence-corrected chi connectivity index (χ4v) is 2.87. The number of amides is 2. The number of hydrogen-bond acceptors (Lipinski definition) is 6. The fraction of sp³-hybridized carbons (Fsp3) is 0.0476. The van der Waals surface area contributed by atoms with Crippen molar-refractivity contribution in [1.29, 1.82) is 0 Å². The Hall–Kier alpha value is -4.40. The van der Waals surface area contributed by atoms with Crippen molar-refractivity contribution >= 4 is 11.8 Å². The molecule has 0 unspecified atom stereocenters. The lowest BCUT2D eigenvalue weighted by Crippen LogP contribution is -2.41. The van der Waals surface area contributed by atoms with Crippen LogP contribution in [-0.4, -0.2) is 37.0 Å². The van der Waals surface area contributed by atoms with Crippen LogP contribution in [0, 0.1) is 6.92 Å². The number of nitrogens with one attached hydrogen (secondary N) is 2. The van der Waals surface area contributed by atoms with Crippen LogP contribution in [0.4, 0.5) is 0 Å². The Morgan fingerprint density at radius 3 is 2.27 bits per heavy atom. The molecule has 9 nitrogen and oxygen atoms in total. The molecular formula is C21H17N7O2. The first-order valence-corrected chi connectivity index (χ1v) is 9.09. The molecular weight excluding hydrogens is 382 g/mol. The standard InChI is InChI=1S/C21H17N7O2/c1-14-18(11-12-19(23-14)15-5-3-2-4-6-15)21(30)25-24-20(29)16-7-9-17(10-8-16)28-13-22-26-27-28/h2-13H,1H3,(H,24,29)(H,25,30). The molecule has 0 aliphatic rings. The van der Waals surface area contributed by atoms with Crippen molar-refractivity contribution in [2.75, 3.05) is 0 Å².